The molecule has 0 aliphatic rings. The second-order valence-corrected chi connectivity index (χ2v) is 5.90. The van der Waals surface area contributed by atoms with Crippen LogP contribution in [0.3, 0.4) is 0 Å². The molecule has 3 nitrogen and oxygen atoms in total. The number of hydrogen-bond acceptors (Lipinski definition) is 4. The summed E-state index contributed by atoms with van der Waals surface area (Å²) in [5.74, 6) is 0. The summed E-state index contributed by atoms with van der Waals surface area (Å²) in [5.41, 5.74) is 7.78. The van der Waals surface area contributed by atoms with E-state index in [1.54, 1.807) is 11.3 Å². The highest BCUT2D eigenvalue weighted by Crippen LogP contribution is 2.27. The molecule has 2 rings (SSSR count). The van der Waals surface area contributed by atoms with Crippen LogP contribution in [0.4, 0.5) is 0 Å². The van der Waals surface area contributed by atoms with Crippen LogP contribution in [0.2, 0.25) is 5.02 Å². The average Bonchev–Trinajstić information content (AvgIpc) is 2.86. The first-order valence-electron chi connectivity index (χ1n) is 6.20. The van der Waals surface area contributed by atoms with Crippen LogP contribution in [-0.2, 0) is 13.1 Å². The van der Waals surface area contributed by atoms with Crippen molar-refractivity contribution in [3.05, 3.63) is 50.9 Å². The van der Waals surface area contributed by atoms with E-state index >= 15 is 0 Å². The maximum absolute atomic E-state index is 6.24. The largest absolute Gasteiger partial charge is 0.325 e. The zero-order chi connectivity index (χ0) is 13.8. The Morgan fingerprint density at radius 2 is 2.16 bits per heavy atom. The lowest BCUT2D eigenvalue weighted by Gasteiger charge is -2.25. The van der Waals surface area contributed by atoms with Crippen LogP contribution in [0.25, 0.3) is 0 Å². The molecular formula is C14H18ClN3S. The van der Waals surface area contributed by atoms with Crippen molar-refractivity contribution in [2.75, 3.05) is 7.05 Å². The molecule has 0 saturated heterocycles. The molecule has 0 aliphatic carbocycles. The lowest BCUT2D eigenvalue weighted by atomic mass is 10.1. The molecule has 5 heteroatoms. The zero-order valence-corrected chi connectivity index (χ0v) is 12.7. The van der Waals surface area contributed by atoms with Crippen LogP contribution in [-0.4, -0.2) is 16.9 Å². The Morgan fingerprint density at radius 3 is 2.79 bits per heavy atom. The maximum Gasteiger partial charge on any atom is 0.106 e. The van der Waals surface area contributed by atoms with Gasteiger partial charge in [-0.1, -0.05) is 29.8 Å². The van der Waals surface area contributed by atoms with Crippen molar-refractivity contribution < 1.29 is 0 Å². The number of halogens is 1. The van der Waals surface area contributed by atoms with Gasteiger partial charge in [-0.15, -0.1) is 11.3 Å². The number of hydrogen-bond donors (Lipinski definition) is 1. The normalized spacial score (nSPS) is 12.9. The average molecular weight is 296 g/mol. The summed E-state index contributed by atoms with van der Waals surface area (Å²) in [7, 11) is 2.08. The summed E-state index contributed by atoms with van der Waals surface area (Å²) in [6.45, 7) is 3.45. The van der Waals surface area contributed by atoms with Crippen LogP contribution >= 0.6 is 22.9 Å². The fourth-order valence-electron chi connectivity index (χ4n) is 1.96. The quantitative estimate of drug-likeness (QED) is 0.919. The highest BCUT2D eigenvalue weighted by Gasteiger charge is 2.15. The molecular weight excluding hydrogens is 278 g/mol. The Bertz CT molecular complexity index is 541. The second-order valence-electron chi connectivity index (χ2n) is 4.55. The van der Waals surface area contributed by atoms with Gasteiger partial charge in [0.2, 0.25) is 0 Å². The molecule has 0 radical (unpaired) electrons. The number of aromatic nitrogens is 1. The van der Waals surface area contributed by atoms with Crippen LogP contribution in [0, 0.1) is 0 Å². The topological polar surface area (TPSA) is 42.1 Å². The van der Waals surface area contributed by atoms with Gasteiger partial charge in [-0.25, -0.2) is 4.98 Å². The van der Waals surface area contributed by atoms with E-state index in [9.17, 15) is 0 Å². The van der Waals surface area contributed by atoms with E-state index in [-0.39, 0.29) is 6.04 Å². The van der Waals surface area contributed by atoms with Crippen molar-refractivity contribution in [1.82, 2.24) is 9.88 Å². The maximum atomic E-state index is 6.24. The smallest absolute Gasteiger partial charge is 0.106 e. The number of rotatable bonds is 5. The summed E-state index contributed by atoms with van der Waals surface area (Å²) >= 11 is 7.85. The van der Waals surface area contributed by atoms with Gasteiger partial charge in [-0.2, -0.15) is 0 Å². The molecule has 1 unspecified atom stereocenters. The van der Waals surface area contributed by atoms with Crippen molar-refractivity contribution in [2.24, 2.45) is 5.73 Å². The molecule has 0 fully saturated rings. The van der Waals surface area contributed by atoms with E-state index < -0.39 is 0 Å². The van der Waals surface area contributed by atoms with E-state index in [1.165, 1.54) is 0 Å². The molecule has 1 heterocycles. The first-order valence-corrected chi connectivity index (χ1v) is 7.45. The third-order valence-corrected chi connectivity index (χ3v) is 4.47. The van der Waals surface area contributed by atoms with Crippen LogP contribution in [0.5, 0.6) is 0 Å². The first kappa shape index (κ1) is 14.5. The van der Waals surface area contributed by atoms with Gasteiger partial charge in [0.05, 0.1) is 5.69 Å². The Kier molecular flexibility index (Phi) is 4.93. The van der Waals surface area contributed by atoms with Crippen molar-refractivity contribution in [2.45, 2.75) is 26.1 Å². The Hall–Kier alpha value is -0.940. The van der Waals surface area contributed by atoms with Crippen LogP contribution in [0.15, 0.2) is 29.6 Å². The fraction of sp³-hybridized carbons (Fsp3) is 0.357. The van der Waals surface area contributed by atoms with Gasteiger partial charge < -0.3 is 5.73 Å². The van der Waals surface area contributed by atoms with Crippen molar-refractivity contribution in [3.63, 3.8) is 0 Å². The summed E-state index contributed by atoms with van der Waals surface area (Å²) in [6, 6.07) is 8.21. The number of thiazole rings is 1. The van der Waals surface area contributed by atoms with Gasteiger partial charge >= 0.3 is 0 Å². The molecule has 19 heavy (non-hydrogen) atoms. The highest BCUT2D eigenvalue weighted by molar-refractivity contribution is 7.09. The SMILES string of the molecule is CC(c1ccccc1Cl)N(C)Cc1csc(CN)n1. The Morgan fingerprint density at radius 1 is 1.42 bits per heavy atom. The molecule has 0 bridgehead atoms. The second kappa shape index (κ2) is 6.48. The molecule has 0 spiro atoms. The Labute approximate surface area is 123 Å². The van der Waals surface area contributed by atoms with Crippen LogP contribution in [0.1, 0.15) is 29.2 Å². The number of nitrogens with two attached hydrogens (primary N) is 1. The predicted octanol–water partition coefficient (Wildman–Crippen LogP) is 3.45. The van der Waals surface area contributed by atoms with Gasteiger partial charge in [-0.3, -0.25) is 4.90 Å². The van der Waals surface area contributed by atoms with Gasteiger partial charge in [0, 0.05) is 29.5 Å². The summed E-state index contributed by atoms with van der Waals surface area (Å²) in [4.78, 5) is 6.72. The molecule has 1 atom stereocenters. The van der Waals surface area contributed by atoms with Gasteiger partial charge in [-0.05, 0) is 25.6 Å². The van der Waals surface area contributed by atoms with E-state index in [0.29, 0.717) is 6.54 Å². The van der Waals surface area contributed by atoms with Crippen molar-refractivity contribution >= 4 is 22.9 Å². The molecule has 0 amide bonds. The lowest BCUT2D eigenvalue weighted by Crippen LogP contribution is -2.22. The van der Waals surface area contributed by atoms with E-state index in [4.69, 9.17) is 17.3 Å². The summed E-state index contributed by atoms with van der Waals surface area (Å²) < 4.78 is 0. The molecule has 2 aromatic rings. The lowest BCUT2D eigenvalue weighted by molar-refractivity contribution is 0.250. The van der Waals surface area contributed by atoms with Crippen LogP contribution < -0.4 is 5.73 Å². The first-order chi connectivity index (χ1) is 9.11. The Balaban J connectivity index is 2.07. The minimum Gasteiger partial charge on any atom is -0.325 e. The third kappa shape index (κ3) is 3.54. The highest BCUT2D eigenvalue weighted by atomic mass is 35.5. The minimum absolute atomic E-state index is 0.247. The van der Waals surface area contributed by atoms with Gasteiger partial charge in [0.1, 0.15) is 5.01 Å². The predicted molar refractivity (Wildman–Crippen MR) is 81.3 cm³/mol. The van der Waals surface area contributed by atoms with Gasteiger partial charge in [0.15, 0.2) is 0 Å². The standard InChI is InChI=1S/C14H18ClN3S/c1-10(12-5-3-4-6-13(12)15)18(2)8-11-9-19-14(7-16)17-11/h3-6,9-10H,7-8,16H2,1-2H3. The molecule has 1 aromatic carbocycles. The minimum atomic E-state index is 0.247. The van der Waals surface area contributed by atoms with E-state index in [1.807, 2.05) is 18.2 Å². The van der Waals surface area contributed by atoms with E-state index in [0.717, 1.165) is 27.8 Å². The molecule has 0 saturated carbocycles. The van der Waals surface area contributed by atoms with Crippen molar-refractivity contribution in [3.8, 4) is 0 Å². The molecule has 102 valence electrons. The van der Waals surface area contributed by atoms with E-state index in [2.05, 4.69) is 35.3 Å². The monoisotopic (exact) mass is 295 g/mol. The molecule has 0 aliphatic heterocycles. The zero-order valence-electron chi connectivity index (χ0n) is 11.1. The fourth-order valence-corrected chi connectivity index (χ4v) is 2.92. The third-order valence-electron chi connectivity index (χ3n) is 3.20. The number of nitrogens with zero attached hydrogens (tertiary/aromatic N) is 2. The molecule has 1 aromatic heterocycles. The molecule has 2 N–H and O–H groups in total. The van der Waals surface area contributed by atoms with Crippen molar-refractivity contribution in [1.29, 1.82) is 0 Å². The number of benzene rings is 1. The van der Waals surface area contributed by atoms with Gasteiger partial charge in [0.25, 0.3) is 0 Å². The summed E-state index contributed by atoms with van der Waals surface area (Å²) in [6.07, 6.45) is 0. The summed E-state index contributed by atoms with van der Waals surface area (Å²) in [5, 5.41) is 3.86.